The SMILES string of the molecule is COC(=O)CN1C(=O)C2C(N=C3N(c4cccc(Cl)c4C)C(C)=CN32)N(C)C1=O. The van der Waals surface area contributed by atoms with Gasteiger partial charge >= 0.3 is 12.0 Å². The number of fused-ring (bicyclic) bond motifs is 3. The molecule has 10 heteroatoms. The summed E-state index contributed by atoms with van der Waals surface area (Å²) in [7, 11) is 2.77. The van der Waals surface area contributed by atoms with E-state index in [1.807, 2.05) is 43.1 Å². The van der Waals surface area contributed by atoms with Crippen molar-refractivity contribution in [3.05, 3.63) is 40.7 Å². The Kier molecular flexibility index (Phi) is 4.49. The second-order valence-electron chi connectivity index (χ2n) is 7.08. The Bertz CT molecular complexity index is 991. The van der Waals surface area contributed by atoms with Gasteiger partial charge in [-0.05, 0) is 31.5 Å². The lowest BCUT2D eigenvalue weighted by atomic mass is 10.1. The molecule has 1 aromatic rings. The predicted octanol–water partition coefficient (Wildman–Crippen LogP) is 1.76. The van der Waals surface area contributed by atoms with E-state index in [-0.39, 0.29) is 0 Å². The molecule has 9 nitrogen and oxygen atoms in total. The Morgan fingerprint density at radius 2 is 2.00 bits per heavy atom. The first-order chi connectivity index (χ1) is 13.8. The van der Waals surface area contributed by atoms with Crippen LogP contribution in [0.25, 0.3) is 0 Å². The van der Waals surface area contributed by atoms with Crippen LogP contribution in [0.15, 0.2) is 35.1 Å². The van der Waals surface area contributed by atoms with Crippen molar-refractivity contribution in [2.45, 2.75) is 26.1 Å². The molecule has 152 valence electrons. The van der Waals surface area contributed by atoms with Crippen molar-refractivity contribution in [2.75, 3.05) is 25.6 Å². The summed E-state index contributed by atoms with van der Waals surface area (Å²) < 4.78 is 4.62. The number of likely N-dealkylation sites (N-methyl/N-ethyl adjacent to an activating group) is 1. The molecule has 2 atom stereocenters. The van der Waals surface area contributed by atoms with Crippen LogP contribution < -0.4 is 4.90 Å². The molecule has 0 N–H and O–H groups in total. The lowest BCUT2D eigenvalue weighted by molar-refractivity contribution is -0.148. The van der Waals surface area contributed by atoms with Crippen molar-refractivity contribution in [3.63, 3.8) is 0 Å². The lowest BCUT2D eigenvalue weighted by Crippen LogP contribution is -2.65. The van der Waals surface area contributed by atoms with E-state index in [4.69, 9.17) is 11.6 Å². The van der Waals surface area contributed by atoms with Gasteiger partial charge in [0.25, 0.3) is 5.91 Å². The van der Waals surface area contributed by atoms with E-state index in [1.165, 1.54) is 12.0 Å². The largest absolute Gasteiger partial charge is 0.468 e. The Labute approximate surface area is 172 Å². The molecule has 0 radical (unpaired) electrons. The summed E-state index contributed by atoms with van der Waals surface area (Å²) in [6, 6.07) is 4.24. The number of esters is 1. The minimum atomic E-state index is -0.753. The Balaban J connectivity index is 1.72. The highest BCUT2D eigenvalue weighted by Gasteiger charge is 2.54. The molecule has 0 saturated carbocycles. The van der Waals surface area contributed by atoms with Gasteiger partial charge in [0, 0.05) is 24.0 Å². The summed E-state index contributed by atoms with van der Waals surface area (Å²) in [5, 5.41) is 0.623. The minimum absolute atomic E-state index is 0.440. The first kappa shape index (κ1) is 19.3. The van der Waals surface area contributed by atoms with E-state index < -0.39 is 36.7 Å². The second kappa shape index (κ2) is 6.77. The zero-order valence-electron chi connectivity index (χ0n) is 16.4. The number of urea groups is 1. The number of allylic oxidation sites excluding steroid dienone is 1. The van der Waals surface area contributed by atoms with Gasteiger partial charge in [0.1, 0.15) is 6.54 Å². The molecule has 1 fully saturated rings. The maximum Gasteiger partial charge on any atom is 0.328 e. The number of anilines is 1. The smallest absolute Gasteiger partial charge is 0.328 e. The molecule has 1 aromatic carbocycles. The van der Waals surface area contributed by atoms with Crippen molar-refractivity contribution in [1.82, 2.24) is 14.7 Å². The van der Waals surface area contributed by atoms with Gasteiger partial charge in [-0.15, -0.1) is 0 Å². The Hall–Kier alpha value is -3.07. The number of hydrogen-bond acceptors (Lipinski definition) is 7. The lowest BCUT2D eigenvalue weighted by Gasteiger charge is -2.39. The van der Waals surface area contributed by atoms with Crippen LogP contribution in [-0.2, 0) is 14.3 Å². The molecule has 3 heterocycles. The van der Waals surface area contributed by atoms with Crippen LogP contribution in [0.2, 0.25) is 5.02 Å². The fraction of sp³-hybridized carbons (Fsp3) is 0.368. The number of amides is 3. The number of nitrogens with zero attached hydrogens (tertiary/aromatic N) is 5. The number of methoxy groups -OCH3 is 1. The van der Waals surface area contributed by atoms with Gasteiger partial charge in [-0.1, -0.05) is 17.7 Å². The zero-order chi connectivity index (χ0) is 21.0. The highest BCUT2D eigenvalue weighted by molar-refractivity contribution is 6.32. The predicted molar refractivity (Wildman–Crippen MR) is 106 cm³/mol. The molecule has 0 bridgehead atoms. The number of aliphatic imine (C=N–C) groups is 1. The molecule has 3 aliphatic heterocycles. The van der Waals surface area contributed by atoms with Crippen molar-refractivity contribution in [2.24, 2.45) is 4.99 Å². The van der Waals surface area contributed by atoms with Gasteiger partial charge in [-0.25, -0.2) is 9.79 Å². The second-order valence-corrected chi connectivity index (χ2v) is 7.49. The number of guanidine groups is 1. The number of carbonyl (C=O) groups is 3. The number of halogens is 1. The standard InChI is InChI=1S/C19H20ClN5O4/c1-10-8-23-15-16(22(3)19(28)24(17(15)27)9-14(26)29-4)21-18(23)25(10)13-7-5-6-12(20)11(13)2/h5-8,15-16H,9H2,1-4H3. The average molecular weight is 418 g/mol. The maximum atomic E-state index is 13.1. The molecule has 0 aliphatic carbocycles. The van der Waals surface area contributed by atoms with Gasteiger partial charge in [-0.3, -0.25) is 19.4 Å². The van der Waals surface area contributed by atoms with Crippen LogP contribution in [0, 0.1) is 6.92 Å². The highest BCUT2D eigenvalue weighted by atomic mass is 35.5. The Morgan fingerprint density at radius 3 is 2.69 bits per heavy atom. The van der Waals surface area contributed by atoms with Crippen LogP contribution >= 0.6 is 11.6 Å². The number of hydrogen-bond donors (Lipinski definition) is 0. The van der Waals surface area contributed by atoms with Gasteiger partial charge < -0.3 is 14.5 Å². The number of imide groups is 1. The number of ether oxygens (including phenoxy) is 1. The third-order valence-electron chi connectivity index (χ3n) is 5.38. The zero-order valence-corrected chi connectivity index (χ0v) is 17.2. The Morgan fingerprint density at radius 1 is 1.28 bits per heavy atom. The monoisotopic (exact) mass is 417 g/mol. The number of rotatable bonds is 3. The molecule has 1 saturated heterocycles. The normalized spacial score (nSPS) is 23.2. The van der Waals surface area contributed by atoms with Gasteiger partial charge in [0.15, 0.2) is 12.2 Å². The molecule has 0 aromatic heterocycles. The molecule has 29 heavy (non-hydrogen) atoms. The maximum absolute atomic E-state index is 13.1. The molecule has 0 spiro atoms. The summed E-state index contributed by atoms with van der Waals surface area (Å²) in [5.41, 5.74) is 2.59. The van der Waals surface area contributed by atoms with E-state index in [0.29, 0.717) is 11.0 Å². The molecule has 3 amide bonds. The average Bonchev–Trinajstić information content (AvgIpc) is 3.20. The van der Waals surface area contributed by atoms with Crippen molar-refractivity contribution < 1.29 is 19.1 Å². The third-order valence-corrected chi connectivity index (χ3v) is 5.79. The molecule has 4 rings (SSSR count). The summed E-state index contributed by atoms with van der Waals surface area (Å²) in [4.78, 5) is 48.1. The molecule has 3 aliphatic rings. The van der Waals surface area contributed by atoms with Gasteiger partial charge in [0.05, 0.1) is 12.8 Å². The number of carbonyl (C=O) groups excluding carboxylic acids is 3. The summed E-state index contributed by atoms with van der Waals surface area (Å²) >= 11 is 6.29. The van der Waals surface area contributed by atoms with E-state index in [1.54, 1.807) is 11.9 Å². The molecular formula is C19H20ClN5O4. The van der Waals surface area contributed by atoms with E-state index in [9.17, 15) is 14.4 Å². The minimum Gasteiger partial charge on any atom is -0.468 e. The summed E-state index contributed by atoms with van der Waals surface area (Å²) in [5.74, 6) is -0.617. The molecular weight excluding hydrogens is 398 g/mol. The fourth-order valence-electron chi connectivity index (χ4n) is 3.83. The summed E-state index contributed by atoms with van der Waals surface area (Å²) in [6.07, 6.45) is 1.13. The number of benzene rings is 1. The van der Waals surface area contributed by atoms with Gasteiger partial charge in [-0.2, -0.15) is 0 Å². The van der Waals surface area contributed by atoms with Crippen LogP contribution in [0.5, 0.6) is 0 Å². The van der Waals surface area contributed by atoms with Gasteiger partial charge in [0.2, 0.25) is 5.96 Å². The molecule has 2 unspecified atom stereocenters. The first-order valence-electron chi connectivity index (χ1n) is 9.01. The van der Waals surface area contributed by atoms with E-state index >= 15 is 0 Å². The van der Waals surface area contributed by atoms with E-state index in [2.05, 4.69) is 9.73 Å². The van der Waals surface area contributed by atoms with Crippen LogP contribution in [0.3, 0.4) is 0 Å². The first-order valence-corrected chi connectivity index (χ1v) is 9.39. The van der Waals surface area contributed by atoms with Crippen molar-refractivity contribution >= 4 is 41.2 Å². The van der Waals surface area contributed by atoms with Crippen molar-refractivity contribution in [3.8, 4) is 0 Å². The van der Waals surface area contributed by atoms with Crippen LogP contribution in [-0.4, -0.2) is 71.5 Å². The fourth-order valence-corrected chi connectivity index (χ4v) is 4.00. The van der Waals surface area contributed by atoms with E-state index in [0.717, 1.165) is 21.8 Å². The van der Waals surface area contributed by atoms with Crippen LogP contribution in [0.4, 0.5) is 10.5 Å². The quantitative estimate of drug-likeness (QED) is 0.697. The highest BCUT2D eigenvalue weighted by Crippen LogP contribution is 2.38. The van der Waals surface area contributed by atoms with Crippen LogP contribution in [0.1, 0.15) is 12.5 Å². The topological polar surface area (TPSA) is 85.8 Å². The summed E-state index contributed by atoms with van der Waals surface area (Å²) in [6.45, 7) is 3.38. The third kappa shape index (κ3) is 2.76. The van der Waals surface area contributed by atoms with Crippen molar-refractivity contribution in [1.29, 1.82) is 0 Å².